The number of imidazole rings is 1. The number of benzene rings is 1. The van der Waals surface area contributed by atoms with Crippen molar-refractivity contribution in [2.45, 2.75) is 26.8 Å². The monoisotopic (exact) mass is 290 g/mol. The fraction of sp³-hybridized carbons (Fsp3) is 0.286. The summed E-state index contributed by atoms with van der Waals surface area (Å²) in [4.78, 5) is 9.82. The summed E-state index contributed by atoms with van der Waals surface area (Å²) in [5.41, 5.74) is 8.24. The summed E-state index contributed by atoms with van der Waals surface area (Å²) >= 11 is 1.42. The van der Waals surface area contributed by atoms with Gasteiger partial charge in [0, 0.05) is 6.54 Å². The van der Waals surface area contributed by atoms with Crippen LogP contribution in [0.25, 0.3) is 21.7 Å². The molecule has 0 fully saturated rings. The van der Waals surface area contributed by atoms with E-state index in [2.05, 4.69) is 16.9 Å². The van der Waals surface area contributed by atoms with Crippen molar-refractivity contribution in [2.24, 2.45) is 0 Å². The van der Waals surface area contributed by atoms with Crippen molar-refractivity contribution in [3.63, 3.8) is 0 Å². The highest BCUT2D eigenvalue weighted by atomic mass is 32.1. The maximum Gasteiger partial charge on any atom is 0.180 e. The molecule has 3 aromatic rings. The SMILES string of the molecule is CCCn1c(-c2sc(N)nc2C)nc2ccc(F)cc21. The first-order chi connectivity index (χ1) is 9.60. The molecule has 0 saturated carbocycles. The average molecular weight is 290 g/mol. The second-order valence-electron chi connectivity index (χ2n) is 4.69. The highest BCUT2D eigenvalue weighted by Gasteiger charge is 2.17. The van der Waals surface area contributed by atoms with Crippen molar-refractivity contribution < 1.29 is 4.39 Å². The zero-order valence-electron chi connectivity index (χ0n) is 11.4. The lowest BCUT2D eigenvalue weighted by Crippen LogP contribution is -1.99. The third-order valence-corrected chi connectivity index (χ3v) is 4.16. The van der Waals surface area contributed by atoms with E-state index in [0.717, 1.165) is 40.4 Å². The van der Waals surface area contributed by atoms with Crippen LogP contribution >= 0.6 is 11.3 Å². The predicted molar refractivity (Wildman–Crippen MR) is 80.2 cm³/mol. The van der Waals surface area contributed by atoms with Gasteiger partial charge in [0.05, 0.1) is 21.6 Å². The Bertz CT molecular complexity index is 775. The fourth-order valence-corrected chi connectivity index (χ4v) is 3.18. The smallest absolute Gasteiger partial charge is 0.180 e. The molecule has 2 N–H and O–H groups in total. The molecule has 0 unspecified atom stereocenters. The summed E-state index contributed by atoms with van der Waals surface area (Å²) in [7, 11) is 0. The van der Waals surface area contributed by atoms with Gasteiger partial charge in [0.25, 0.3) is 0 Å². The highest BCUT2D eigenvalue weighted by Crippen LogP contribution is 2.33. The van der Waals surface area contributed by atoms with Gasteiger partial charge >= 0.3 is 0 Å². The summed E-state index contributed by atoms with van der Waals surface area (Å²) in [6.45, 7) is 4.79. The molecule has 1 aromatic carbocycles. The van der Waals surface area contributed by atoms with Crippen LogP contribution in [0.4, 0.5) is 9.52 Å². The van der Waals surface area contributed by atoms with E-state index in [9.17, 15) is 4.39 Å². The van der Waals surface area contributed by atoms with Gasteiger partial charge in [-0.05, 0) is 31.5 Å². The van der Waals surface area contributed by atoms with Crippen molar-refractivity contribution in [1.82, 2.24) is 14.5 Å². The summed E-state index contributed by atoms with van der Waals surface area (Å²) in [5.74, 6) is 0.570. The maximum absolute atomic E-state index is 13.5. The normalized spacial score (nSPS) is 11.3. The van der Waals surface area contributed by atoms with Crippen molar-refractivity contribution in [1.29, 1.82) is 0 Å². The number of nitrogen functional groups attached to an aromatic ring is 1. The van der Waals surface area contributed by atoms with Gasteiger partial charge in [0.2, 0.25) is 0 Å². The number of rotatable bonds is 3. The van der Waals surface area contributed by atoms with Crippen LogP contribution in [0.5, 0.6) is 0 Å². The molecule has 4 nitrogen and oxygen atoms in total. The van der Waals surface area contributed by atoms with E-state index in [1.54, 1.807) is 6.07 Å². The Morgan fingerprint density at radius 2 is 2.15 bits per heavy atom. The molecule has 0 bridgehead atoms. The zero-order valence-corrected chi connectivity index (χ0v) is 12.2. The Hall–Kier alpha value is -1.95. The summed E-state index contributed by atoms with van der Waals surface area (Å²) < 4.78 is 15.5. The van der Waals surface area contributed by atoms with Gasteiger partial charge in [-0.1, -0.05) is 18.3 Å². The van der Waals surface area contributed by atoms with Crippen LogP contribution in [0, 0.1) is 12.7 Å². The number of thiazole rings is 1. The van der Waals surface area contributed by atoms with Crippen molar-refractivity contribution >= 4 is 27.5 Å². The van der Waals surface area contributed by atoms with Crippen LogP contribution in [0.1, 0.15) is 19.0 Å². The lowest BCUT2D eigenvalue weighted by molar-refractivity contribution is 0.627. The quantitative estimate of drug-likeness (QED) is 0.802. The molecule has 0 radical (unpaired) electrons. The Morgan fingerprint density at radius 1 is 1.35 bits per heavy atom. The molecule has 0 aliphatic carbocycles. The van der Waals surface area contributed by atoms with E-state index in [4.69, 9.17) is 5.73 Å². The van der Waals surface area contributed by atoms with Crippen molar-refractivity contribution in [2.75, 3.05) is 5.73 Å². The van der Waals surface area contributed by atoms with E-state index in [1.807, 2.05) is 11.5 Å². The minimum absolute atomic E-state index is 0.248. The molecule has 2 heterocycles. The molecule has 6 heteroatoms. The minimum Gasteiger partial charge on any atom is -0.375 e. The summed E-state index contributed by atoms with van der Waals surface area (Å²) in [5, 5.41) is 0.527. The third kappa shape index (κ3) is 2.06. The molecule has 0 aliphatic heterocycles. The molecule has 0 saturated heterocycles. The van der Waals surface area contributed by atoms with Gasteiger partial charge in [-0.25, -0.2) is 14.4 Å². The third-order valence-electron chi connectivity index (χ3n) is 3.17. The van der Waals surface area contributed by atoms with E-state index in [-0.39, 0.29) is 5.82 Å². The van der Waals surface area contributed by atoms with Gasteiger partial charge in [-0.2, -0.15) is 0 Å². The van der Waals surface area contributed by atoms with E-state index >= 15 is 0 Å². The van der Waals surface area contributed by atoms with Gasteiger partial charge in [0.1, 0.15) is 5.82 Å². The Kier molecular flexibility index (Phi) is 3.17. The van der Waals surface area contributed by atoms with Crippen molar-refractivity contribution in [3.8, 4) is 10.7 Å². The number of nitrogens with zero attached hydrogens (tertiary/aromatic N) is 3. The second-order valence-corrected chi connectivity index (χ2v) is 5.72. The molecular formula is C14H15FN4S. The van der Waals surface area contributed by atoms with E-state index < -0.39 is 0 Å². The largest absolute Gasteiger partial charge is 0.375 e. The van der Waals surface area contributed by atoms with Gasteiger partial charge in [-0.15, -0.1) is 0 Å². The molecule has 0 atom stereocenters. The zero-order chi connectivity index (χ0) is 14.3. The van der Waals surface area contributed by atoms with Gasteiger partial charge in [0.15, 0.2) is 11.0 Å². The molecule has 104 valence electrons. The van der Waals surface area contributed by atoms with Crippen LogP contribution in [0.3, 0.4) is 0 Å². The fourth-order valence-electron chi connectivity index (χ4n) is 2.34. The number of hydrogen-bond donors (Lipinski definition) is 1. The molecule has 2 aromatic heterocycles. The standard InChI is InChI=1S/C14H15FN4S/c1-3-6-19-11-7-9(15)4-5-10(11)18-13(19)12-8(2)17-14(16)20-12/h4-5,7H,3,6H2,1-2H3,(H2,16,17). The second kappa shape index (κ2) is 4.86. The number of aromatic nitrogens is 3. The Labute approximate surface area is 120 Å². The summed E-state index contributed by atoms with van der Waals surface area (Å²) in [6, 6.07) is 4.67. The van der Waals surface area contributed by atoms with Gasteiger partial charge in [-0.3, -0.25) is 0 Å². The predicted octanol–water partition coefficient (Wildman–Crippen LogP) is 3.60. The molecular weight excluding hydrogens is 275 g/mol. The first kappa shape index (κ1) is 13.1. The summed E-state index contributed by atoms with van der Waals surface area (Å²) in [6.07, 6.45) is 0.947. The molecule has 0 aliphatic rings. The number of nitrogens with two attached hydrogens (primary N) is 1. The van der Waals surface area contributed by atoms with E-state index in [0.29, 0.717) is 5.13 Å². The Morgan fingerprint density at radius 3 is 2.80 bits per heavy atom. The number of hydrogen-bond acceptors (Lipinski definition) is 4. The minimum atomic E-state index is -0.248. The number of aryl methyl sites for hydroxylation is 2. The molecule has 0 spiro atoms. The topological polar surface area (TPSA) is 56.7 Å². The number of anilines is 1. The number of halogens is 1. The number of fused-ring (bicyclic) bond motifs is 1. The van der Waals surface area contributed by atoms with Crippen LogP contribution < -0.4 is 5.73 Å². The lowest BCUT2D eigenvalue weighted by Gasteiger charge is -2.06. The molecule has 20 heavy (non-hydrogen) atoms. The van der Waals surface area contributed by atoms with Crippen LogP contribution in [-0.2, 0) is 6.54 Å². The van der Waals surface area contributed by atoms with Crippen molar-refractivity contribution in [3.05, 3.63) is 29.7 Å². The van der Waals surface area contributed by atoms with Crippen LogP contribution in [0.2, 0.25) is 0 Å². The lowest BCUT2D eigenvalue weighted by atomic mass is 10.3. The first-order valence-corrected chi connectivity index (χ1v) is 7.31. The van der Waals surface area contributed by atoms with Crippen LogP contribution in [0.15, 0.2) is 18.2 Å². The Balaban J connectivity index is 2.29. The van der Waals surface area contributed by atoms with Gasteiger partial charge < -0.3 is 10.3 Å². The maximum atomic E-state index is 13.5. The van der Waals surface area contributed by atoms with E-state index in [1.165, 1.54) is 23.5 Å². The van der Waals surface area contributed by atoms with Crippen LogP contribution in [-0.4, -0.2) is 14.5 Å². The average Bonchev–Trinajstić information content (AvgIpc) is 2.91. The first-order valence-electron chi connectivity index (χ1n) is 6.49. The highest BCUT2D eigenvalue weighted by molar-refractivity contribution is 7.18. The molecule has 0 amide bonds. The molecule has 3 rings (SSSR count).